The predicted octanol–water partition coefficient (Wildman–Crippen LogP) is 1.38. The predicted molar refractivity (Wildman–Crippen MR) is 59.7 cm³/mol. The van der Waals surface area contributed by atoms with E-state index in [9.17, 15) is 5.11 Å². The standard InChI is InChI=1S/C10H15ClN2O/c1-7-2-3-8(11)4-10(7)13-6-9(14)5-12/h2-4,9,13-14H,5-6,12H2,1H3. The van der Waals surface area contributed by atoms with E-state index in [1.165, 1.54) is 0 Å². The van der Waals surface area contributed by atoms with Crippen LogP contribution in [-0.2, 0) is 0 Å². The Morgan fingerprint density at radius 2 is 2.29 bits per heavy atom. The van der Waals surface area contributed by atoms with Gasteiger partial charge in [-0.25, -0.2) is 0 Å². The average Bonchev–Trinajstić information content (AvgIpc) is 2.19. The second-order valence-corrected chi connectivity index (χ2v) is 3.67. The molecule has 78 valence electrons. The van der Waals surface area contributed by atoms with Crippen molar-refractivity contribution in [2.45, 2.75) is 13.0 Å². The molecule has 4 heteroatoms. The first-order valence-corrected chi connectivity index (χ1v) is 4.89. The van der Waals surface area contributed by atoms with Crippen LogP contribution in [0.5, 0.6) is 0 Å². The maximum atomic E-state index is 9.26. The van der Waals surface area contributed by atoms with Gasteiger partial charge >= 0.3 is 0 Å². The SMILES string of the molecule is Cc1ccc(Cl)cc1NCC(O)CN. The smallest absolute Gasteiger partial charge is 0.0834 e. The lowest BCUT2D eigenvalue weighted by Crippen LogP contribution is -2.27. The van der Waals surface area contributed by atoms with Gasteiger partial charge in [-0.15, -0.1) is 0 Å². The molecule has 0 saturated heterocycles. The Bertz CT molecular complexity index is 304. The van der Waals surface area contributed by atoms with Crippen molar-refractivity contribution >= 4 is 17.3 Å². The van der Waals surface area contributed by atoms with Crippen LogP contribution >= 0.6 is 11.6 Å². The van der Waals surface area contributed by atoms with Crippen molar-refractivity contribution in [2.75, 3.05) is 18.4 Å². The third-order valence-electron chi connectivity index (χ3n) is 2.00. The van der Waals surface area contributed by atoms with Gasteiger partial charge in [-0.2, -0.15) is 0 Å². The van der Waals surface area contributed by atoms with Crippen LogP contribution in [0.1, 0.15) is 5.56 Å². The highest BCUT2D eigenvalue weighted by Crippen LogP contribution is 2.19. The van der Waals surface area contributed by atoms with Gasteiger partial charge in [0, 0.05) is 23.8 Å². The number of anilines is 1. The van der Waals surface area contributed by atoms with Crippen LogP contribution in [0.4, 0.5) is 5.69 Å². The van der Waals surface area contributed by atoms with Gasteiger partial charge in [0.25, 0.3) is 0 Å². The van der Waals surface area contributed by atoms with Gasteiger partial charge in [0.1, 0.15) is 0 Å². The Morgan fingerprint density at radius 1 is 1.57 bits per heavy atom. The minimum Gasteiger partial charge on any atom is -0.390 e. The van der Waals surface area contributed by atoms with Crippen molar-refractivity contribution in [1.82, 2.24) is 0 Å². The van der Waals surface area contributed by atoms with Crippen molar-refractivity contribution in [3.63, 3.8) is 0 Å². The molecule has 1 unspecified atom stereocenters. The van der Waals surface area contributed by atoms with E-state index in [0.717, 1.165) is 11.3 Å². The number of hydrogen-bond acceptors (Lipinski definition) is 3. The Hall–Kier alpha value is -0.770. The first-order valence-electron chi connectivity index (χ1n) is 4.51. The lowest BCUT2D eigenvalue weighted by atomic mass is 10.2. The highest BCUT2D eigenvalue weighted by molar-refractivity contribution is 6.30. The molecule has 0 amide bonds. The molecular weight excluding hydrogens is 200 g/mol. The maximum Gasteiger partial charge on any atom is 0.0834 e. The van der Waals surface area contributed by atoms with Crippen molar-refractivity contribution in [3.05, 3.63) is 28.8 Å². The molecule has 0 fully saturated rings. The second kappa shape index (κ2) is 5.20. The molecule has 14 heavy (non-hydrogen) atoms. The molecular formula is C10H15ClN2O. The van der Waals surface area contributed by atoms with Crippen molar-refractivity contribution in [2.24, 2.45) is 5.73 Å². The van der Waals surface area contributed by atoms with Gasteiger partial charge < -0.3 is 16.2 Å². The minimum absolute atomic E-state index is 0.257. The van der Waals surface area contributed by atoms with Gasteiger partial charge in [-0.1, -0.05) is 17.7 Å². The minimum atomic E-state index is -0.520. The number of aliphatic hydroxyl groups is 1. The fraction of sp³-hybridized carbons (Fsp3) is 0.400. The molecule has 0 bridgehead atoms. The number of halogens is 1. The quantitative estimate of drug-likeness (QED) is 0.710. The van der Waals surface area contributed by atoms with E-state index in [4.69, 9.17) is 17.3 Å². The Balaban J connectivity index is 2.62. The van der Waals surface area contributed by atoms with Crippen LogP contribution in [0.25, 0.3) is 0 Å². The fourth-order valence-electron chi connectivity index (χ4n) is 1.10. The number of nitrogens with two attached hydrogens (primary N) is 1. The Kier molecular flexibility index (Phi) is 4.20. The van der Waals surface area contributed by atoms with Crippen LogP contribution in [0.2, 0.25) is 5.02 Å². The number of nitrogens with one attached hydrogen (secondary N) is 1. The number of benzene rings is 1. The molecule has 3 nitrogen and oxygen atoms in total. The van der Waals surface area contributed by atoms with Gasteiger partial charge in [0.2, 0.25) is 0 Å². The molecule has 0 saturated carbocycles. The van der Waals surface area contributed by atoms with Crippen LogP contribution in [0, 0.1) is 6.92 Å². The summed E-state index contributed by atoms with van der Waals surface area (Å²) in [5, 5.41) is 13.0. The van der Waals surface area contributed by atoms with Crippen LogP contribution in [0.15, 0.2) is 18.2 Å². The van der Waals surface area contributed by atoms with E-state index in [-0.39, 0.29) is 6.54 Å². The van der Waals surface area contributed by atoms with Crippen molar-refractivity contribution in [1.29, 1.82) is 0 Å². The topological polar surface area (TPSA) is 58.3 Å². The zero-order valence-electron chi connectivity index (χ0n) is 8.13. The van der Waals surface area contributed by atoms with Crippen LogP contribution in [0.3, 0.4) is 0 Å². The van der Waals surface area contributed by atoms with Crippen molar-refractivity contribution in [3.8, 4) is 0 Å². The van der Waals surface area contributed by atoms with E-state index in [0.29, 0.717) is 11.6 Å². The highest BCUT2D eigenvalue weighted by Gasteiger charge is 2.02. The van der Waals surface area contributed by atoms with Gasteiger partial charge in [0.15, 0.2) is 0 Å². The summed E-state index contributed by atoms with van der Waals surface area (Å²) in [6.45, 7) is 2.68. The molecule has 1 aromatic rings. The lowest BCUT2D eigenvalue weighted by molar-refractivity contribution is 0.196. The molecule has 1 atom stereocenters. The Labute approximate surface area is 88.9 Å². The number of hydrogen-bond donors (Lipinski definition) is 3. The zero-order chi connectivity index (χ0) is 10.6. The van der Waals surface area contributed by atoms with Gasteiger partial charge in [-0.05, 0) is 24.6 Å². The summed E-state index contributed by atoms with van der Waals surface area (Å²) in [5.74, 6) is 0. The summed E-state index contributed by atoms with van der Waals surface area (Å²) in [7, 11) is 0. The van der Waals surface area contributed by atoms with Gasteiger partial charge in [-0.3, -0.25) is 0 Å². The first kappa shape index (κ1) is 11.3. The molecule has 1 rings (SSSR count). The van der Waals surface area contributed by atoms with Crippen LogP contribution < -0.4 is 11.1 Å². The summed E-state index contributed by atoms with van der Waals surface area (Å²) in [4.78, 5) is 0. The number of aryl methyl sites for hydroxylation is 1. The summed E-state index contributed by atoms with van der Waals surface area (Å²) in [6, 6.07) is 5.60. The third-order valence-corrected chi connectivity index (χ3v) is 2.23. The summed E-state index contributed by atoms with van der Waals surface area (Å²) in [5.41, 5.74) is 7.32. The molecule has 0 aliphatic carbocycles. The lowest BCUT2D eigenvalue weighted by Gasteiger charge is -2.12. The first-order chi connectivity index (χ1) is 6.63. The zero-order valence-corrected chi connectivity index (χ0v) is 8.88. The largest absolute Gasteiger partial charge is 0.390 e. The summed E-state index contributed by atoms with van der Waals surface area (Å²) >= 11 is 5.84. The third kappa shape index (κ3) is 3.18. The van der Waals surface area contributed by atoms with Crippen molar-refractivity contribution < 1.29 is 5.11 Å². The normalized spacial score (nSPS) is 12.6. The highest BCUT2D eigenvalue weighted by atomic mass is 35.5. The van der Waals surface area contributed by atoms with Gasteiger partial charge in [0.05, 0.1) is 6.10 Å². The summed E-state index contributed by atoms with van der Waals surface area (Å²) in [6.07, 6.45) is -0.520. The molecule has 0 aliphatic rings. The average molecular weight is 215 g/mol. The van der Waals surface area contributed by atoms with E-state index in [2.05, 4.69) is 5.32 Å². The van der Waals surface area contributed by atoms with Crippen LogP contribution in [-0.4, -0.2) is 24.3 Å². The Morgan fingerprint density at radius 3 is 2.93 bits per heavy atom. The molecule has 0 spiro atoms. The molecule has 0 radical (unpaired) electrons. The molecule has 0 heterocycles. The molecule has 1 aromatic carbocycles. The van der Waals surface area contributed by atoms with E-state index in [1.54, 1.807) is 0 Å². The fourth-order valence-corrected chi connectivity index (χ4v) is 1.27. The maximum absolute atomic E-state index is 9.26. The van der Waals surface area contributed by atoms with E-state index in [1.807, 2.05) is 25.1 Å². The number of aliphatic hydroxyl groups excluding tert-OH is 1. The molecule has 4 N–H and O–H groups in total. The number of rotatable bonds is 4. The molecule has 0 aromatic heterocycles. The monoisotopic (exact) mass is 214 g/mol. The second-order valence-electron chi connectivity index (χ2n) is 3.23. The van der Waals surface area contributed by atoms with E-state index >= 15 is 0 Å². The molecule has 0 aliphatic heterocycles. The van der Waals surface area contributed by atoms with E-state index < -0.39 is 6.10 Å². The summed E-state index contributed by atoms with van der Waals surface area (Å²) < 4.78 is 0.